The average Bonchev–Trinajstić information content (AvgIpc) is 3.07. The van der Waals surface area contributed by atoms with Gasteiger partial charge in [-0.15, -0.1) is 0 Å². The molecule has 3 aromatic rings. The molecule has 0 bridgehead atoms. The number of hydrogen-bond acceptors (Lipinski definition) is 11. The van der Waals surface area contributed by atoms with Gasteiger partial charge >= 0.3 is 17.9 Å². The highest BCUT2D eigenvalue weighted by atomic mass is 16.6. The standard InChI is InChI=1S/C38H44O11/c1-38(2,3)33(39)9-7-8-10-35(41)47-25-12-15-28-31(22-25)49-32-23-26(48-36(42)18-17-34(40)46-20-19-43-4)13-16-29(32)37(28)27-14-11-24(44-5)21-30(27)45-6/h11-16,21-23,37H,7-10,17-20H2,1-6H3. The first-order valence-corrected chi connectivity index (χ1v) is 16.2. The molecule has 0 aliphatic carbocycles. The zero-order valence-electron chi connectivity index (χ0n) is 28.9. The van der Waals surface area contributed by atoms with Crippen LogP contribution in [0.3, 0.4) is 0 Å². The molecule has 0 saturated heterocycles. The fraction of sp³-hybridized carbons (Fsp3) is 0.421. The Morgan fingerprint density at radius 2 is 1.18 bits per heavy atom. The van der Waals surface area contributed by atoms with Gasteiger partial charge in [0.2, 0.25) is 0 Å². The van der Waals surface area contributed by atoms with Gasteiger partial charge in [-0.3, -0.25) is 19.2 Å². The van der Waals surface area contributed by atoms with Crippen LogP contribution >= 0.6 is 0 Å². The van der Waals surface area contributed by atoms with E-state index < -0.39 is 23.3 Å². The first kappa shape index (κ1) is 36.9. The highest BCUT2D eigenvalue weighted by molar-refractivity contribution is 5.83. The van der Waals surface area contributed by atoms with Gasteiger partial charge in [0, 0.05) is 66.2 Å². The number of methoxy groups -OCH3 is 3. The number of ketones is 1. The average molecular weight is 677 g/mol. The molecule has 0 amide bonds. The second-order valence-corrected chi connectivity index (χ2v) is 12.6. The Morgan fingerprint density at radius 3 is 1.76 bits per heavy atom. The Labute approximate surface area is 286 Å². The van der Waals surface area contributed by atoms with Gasteiger partial charge in [-0.05, 0) is 31.0 Å². The highest BCUT2D eigenvalue weighted by Gasteiger charge is 2.32. The van der Waals surface area contributed by atoms with Crippen molar-refractivity contribution in [1.82, 2.24) is 0 Å². The summed E-state index contributed by atoms with van der Waals surface area (Å²) >= 11 is 0. The zero-order valence-corrected chi connectivity index (χ0v) is 28.9. The molecule has 1 atom stereocenters. The van der Waals surface area contributed by atoms with Crippen LogP contribution in [0.5, 0.6) is 34.5 Å². The molecule has 0 radical (unpaired) electrons. The quantitative estimate of drug-likeness (QED) is 0.0694. The summed E-state index contributed by atoms with van der Waals surface area (Å²) in [5, 5.41) is 0. The van der Waals surface area contributed by atoms with Crippen LogP contribution in [-0.4, -0.2) is 58.2 Å². The molecule has 0 fully saturated rings. The lowest BCUT2D eigenvalue weighted by atomic mass is 9.82. The molecular formula is C38H44O11. The first-order chi connectivity index (χ1) is 23.4. The number of carbonyl (C=O) groups excluding carboxylic acids is 4. The van der Waals surface area contributed by atoms with E-state index in [9.17, 15) is 19.2 Å². The van der Waals surface area contributed by atoms with E-state index in [1.165, 1.54) is 7.11 Å². The van der Waals surface area contributed by atoms with Crippen molar-refractivity contribution in [1.29, 1.82) is 0 Å². The van der Waals surface area contributed by atoms with Crippen molar-refractivity contribution in [2.24, 2.45) is 5.41 Å². The number of carbonyl (C=O) groups is 4. The Kier molecular flexibility index (Phi) is 12.8. The normalized spacial score (nSPS) is 13.3. The molecule has 11 nitrogen and oxygen atoms in total. The molecule has 1 unspecified atom stereocenters. The summed E-state index contributed by atoms with van der Waals surface area (Å²) in [6.07, 6.45) is 1.42. The summed E-state index contributed by atoms with van der Waals surface area (Å²) in [5.74, 6) is 0.873. The number of ether oxygens (including phenoxy) is 7. The summed E-state index contributed by atoms with van der Waals surface area (Å²) in [5.41, 5.74) is 2.01. The molecule has 1 aliphatic rings. The molecule has 0 saturated carbocycles. The Balaban J connectivity index is 1.55. The molecule has 11 heteroatoms. The van der Waals surface area contributed by atoms with Crippen LogP contribution in [0.15, 0.2) is 54.6 Å². The van der Waals surface area contributed by atoms with Gasteiger partial charge in [-0.1, -0.05) is 39.0 Å². The topological polar surface area (TPSA) is 133 Å². The van der Waals surface area contributed by atoms with Crippen molar-refractivity contribution in [3.8, 4) is 34.5 Å². The molecule has 262 valence electrons. The second kappa shape index (κ2) is 17.0. The van der Waals surface area contributed by atoms with Crippen molar-refractivity contribution in [3.05, 3.63) is 71.3 Å². The van der Waals surface area contributed by atoms with E-state index in [1.54, 1.807) is 44.6 Å². The second-order valence-electron chi connectivity index (χ2n) is 12.6. The molecule has 3 aromatic carbocycles. The SMILES string of the molecule is COCCOC(=O)CCC(=O)Oc1ccc2c(c1)Oc1cc(OC(=O)CCCCC(=O)C(C)(C)C)ccc1C2c1ccc(OC)cc1OC. The fourth-order valence-corrected chi connectivity index (χ4v) is 5.30. The van der Waals surface area contributed by atoms with E-state index in [0.29, 0.717) is 48.0 Å². The number of hydrogen-bond donors (Lipinski definition) is 0. The maximum atomic E-state index is 12.7. The number of Topliss-reactive ketones (excluding diaryl/α,β-unsaturated/α-hetero) is 1. The van der Waals surface area contributed by atoms with Crippen LogP contribution in [0, 0.1) is 5.41 Å². The van der Waals surface area contributed by atoms with E-state index in [4.69, 9.17) is 33.2 Å². The minimum absolute atomic E-state index is 0.106. The van der Waals surface area contributed by atoms with Gasteiger partial charge in [0.1, 0.15) is 46.9 Å². The molecule has 49 heavy (non-hydrogen) atoms. The first-order valence-electron chi connectivity index (χ1n) is 16.2. The lowest BCUT2D eigenvalue weighted by Gasteiger charge is -2.30. The zero-order chi connectivity index (χ0) is 35.6. The number of rotatable bonds is 16. The van der Waals surface area contributed by atoms with E-state index in [0.717, 1.165) is 16.7 Å². The van der Waals surface area contributed by atoms with Crippen LogP contribution in [0.2, 0.25) is 0 Å². The van der Waals surface area contributed by atoms with E-state index >= 15 is 0 Å². The lowest BCUT2D eigenvalue weighted by Crippen LogP contribution is -2.19. The largest absolute Gasteiger partial charge is 0.497 e. The minimum Gasteiger partial charge on any atom is -0.497 e. The Hall–Kier alpha value is -4.90. The Bertz CT molecular complexity index is 1650. The van der Waals surface area contributed by atoms with Gasteiger partial charge in [-0.25, -0.2) is 0 Å². The molecule has 1 heterocycles. The number of fused-ring (bicyclic) bond motifs is 2. The van der Waals surface area contributed by atoms with Crippen molar-refractivity contribution < 1.29 is 52.3 Å². The third-order valence-corrected chi connectivity index (χ3v) is 7.98. The summed E-state index contributed by atoms with van der Waals surface area (Å²) in [4.78, 5) is 49.4. The van der Waals surface area contributed by atoms with Gasteiger partial charge < -0.3 is 33.2 Å². The van der Waals surface area contributed by atoms with Gasteiger partial charge in [-0.2, -0.15) is 0 Å². The van der Waals surface area contributed by atoms with E-state index in [1.807, 2.05) is 45.0 Å². The molecule has 1 aliphatic heterocycles. The molecular weight excluding hydrogens is 632 g/mol. The molecule has 0 aromatic heterocycles. The van der Waals surface area contributed by atoms with Gasteiger partial charge in [0.25, 0.3) is 0 Å². The van der Waals surface area contributed by atoms with Crippen LogP contribution in [-0.2, 0) is 28.7 Å². The summed E-state index contributed by atoms with van der Waals surface area (Å²) < 4.78 is 38.5. The minimum atomic E-state index is -0.606. The summed E-state index contributed by atoms with van der Waals surface area (Å²) in [6.45, 7) is 6.03. The molecule has 0 N–H and O–H groups in total. The number of benzene rings is 3. The van der Waals surface area contributed by atoms with Crippen LogP contribution in [0.4, 0.5) is 0 Å². The monoisotopic (exact) mass is 676 g/mol. The summed E-state index contributed by atoms with van der Waals surface area (Å²) in [6, 6.07) is 15.8. The fourth-order valence-electron chi connectivity index (χ4n) is 5.30. The van der Waals surface area contributed by atoms with Gasteiger partial charge in [0.05, 0.1) is 33.7 Å². The highest BCUT2D eigenvalue weighted by Crippen LogP contribution is 2.51. The van der Waals surface area contributed by atoms with Crippen molar-refractivity contribution >= 4 is 23.7 Å². The molecule has 4 rings (SSSR count). The third kappa shape index (κ3) is 10.1. The van der Waals surface area contributed by atoms with Crippen molar-refractivity contribution in [2.75, 3.05) is 34.5 Å². The van der Waals surface area contributed by atoms with Crippen molar-refractivity contribution in [3.63, 3.8) is 0 Å². The molecule has 0 spiro atoms. The van der Waals surface area contributed by atoms with Gasteiger partial charge in [0.15, 0.2) is 0 Å². The predicted octanol–water partition coefficient (Wildman–Crippen LogP) is 6.95. The predicted molar refractivity (Wildman–Crippen MR) is 180 cm³/mol. The lowest BCUT2D eigenvalue weighted by molar-refractivity contribution is -0.147. The number of unbranched alkanes of at least 4 members (excludes halogenated alkanes) is 1. The van der Waals surface area contributed by atoms with Crippen LogP contribution in [0.1, 0.15) is 81.9 Å². The summed E-state index contributed by atoms with van der Waals surface area (Å²) in [7, 11) is 4.66. The van der Waals surface area contributed by atoms with Crippen LogP contribution < -0.4 is 23.7 Å². The third-order valence-electron chi connectivity index (χ3n) is 7.98. The smallest absolute Gasteiger partial charge is 0.311 e. The maximum Gasteiger partial charge on any atom is 0.311 e. The van der Waals surface area contributed by atoms with E-state index in [2.05, 4.69) is 0 Å². The Morgan fingerprint density at radius 1 is 0.633 bits per heavy atom. The van der Waals surface area contributed by atoms with Crippen LogP contribution in [0.25, 0.3) is 0 Å². The number of esters is 3. The van der Waals surface area contributed by atoms with E-state index in [-0.39, 0.29) is 49.9 Å². The van der Waals surface area contributed by atoms with Crippen molar-refractivity contribution in [2.45, 2.75) is 65.2 Å². The maximum absolute atomic E-state index is 12.7.